The van der Waals surface area contributed by atoms with Gasteiger partial charge in [0.15, 0.2) is 0 Å². The monoisotopic (exact) mass is 192 g/mol. The first-order valence-corrected chi connectivity index (χ1v) is 5.04. The van der Waals surface area contributed by atoms with E-state index < -0.39 is 0 Å². The molecule has 0 radical (unpaired) electrons. The van der Waals surface area contributed by atoms with Crippen molar-refractivity contribution in [2.75, 3.05) is 0 Å². The van der Waals surface area contributed by atoms with E-state index in [0.29, 0.717) is 0 Å². The van der Waals surface area contributed by atoms with E-state index in [2.05, 4.69) is 36.4 Å². The summed E-state index contributed by atoms with van der Waals surface area (Å²) in [5.41, 5.74) is 3.59. The van der Waals surface area contributed by atoms with Crippen LogP contribution in [0.1, 0.15) is 11.1 Å². The van der Waals surface area contributed by atoms with Gasteiger partial charge in [0.1, 0.15) is 5.58 Å². The van der Waals surface area contributed by atoms with Crippen molar-refractivity contribution >= 4 is 33.9 Å². The lowest BCUT2D eigenvalue weighted by Crippen LogP contribution is -1.78. The van der Waals surface area contributed by atoms with Crippen molar-refractivity contribution in [1.82, 2.24) is 0 Å². The highest BCUT2D eigenvalue weighted by Gasteiger charge is 2.12. The summed E-state index contributed by atoms with van der Waals surface area (Å²) in [6, 6.07) is 10.6. The summed E-state index contributed by atoms with van der Waals surface area (Å²) in [4.78, 5) is 0. The Bertz CT molecular complexity index is 717. The predicted octanol–water partition coefficient (Wildman–Crippen LogP) is 4.07. The van der Waals surface area contributed by atoms with Crippen molar-refractivity contribution in [2.45, 2.75) is 0 Å². The molecule has 0 N–H and O–H groups in total. The van der Waals surface area contributed by atoms with Gasteiger partial charge in [-0.15, -0.1) is 0 Å². The molecule has 0 fully saturated rings. The quantitative estimate of drug-likeness (QED) is 0.409. The molecule has 0 saturated carbocycles. The molecule has 3 aromatic rings. The minimum absolute atomic E-state index is 0.999. The summed E-state index contributed by atoms with van der Waals surface area (Å²) >= 11 is 0. The van der Waals surface area contributed by atoms with Crippen molar-refractivity contribution < 1.29 is 4.42 Å². The molecule has 15 heavy (non-hydrogen) atoms. The number of hydrogen-bond acceptors (Lipinski definition) is 1. The first kappa shape index (κ1) is 7.30. The van der Waals surface area contributed by atoms with Crippen LogP contribution >= 0.6 is 0 Å². The standard InChI is InChI=1S/C14H8O/c1-2-9-4-5-10-8-11-6-7-15-14(11)12(3-1)13(9)10/h1-8H. The maximum absolute atomic E-state index is 5.54. The highest BCUT2D eigenvalue weighted by molar-refractivity contribution is 6.14. The highest BCUT2D eigenvalue weighted by Crippen LogP contribution is 2.36. The third-order valence-corrected chi connectivity index (χ3v) is 3.08. The van der Waals surface area contributed by atoms with Crippen LogP contribution in [0.5, 0.6) is 0 Å². The number of fused-ring (bicyclic) bond motifs is 2. The Balaban J connectivity index is 2.43. The van der Waals surface area contributed by atoms with Gasteiger partial charge in [0.2, 0.25) is 0 Å². The molecule has 1 nitrogen and oxygen atoms in total. The van der Waals surface area contributed by atoms with Crippen molar-refractivity contribution in [3.05, 3.63) is 47.7 Å². The van der Waals surface area contributed by atoms with Crippen LogP contribution in [0.15, 0.2) is 41.0 Å². The van der Waals surface area contributed by atoms with E-state index in [1.165, 1.54) is 27.3 Å². The first-order valence-electron chi connectivity index (χ1n) is 5.04. The predicted molar refractivity (Wildman–Crippen MR) is 62.6 cm³/mol. The van der Waals surface area contributed by atoms with Gasteiger partial charge >= 0.3 is 0 Å². The van der Waals surface area contributed by atoms with Gasteiger partial charge in [-0.05, 0) is 28.6 Å². The second kappa shape index (κ2) is 2.31. The second-order valence-corrected chi connectivity index (χ2v) is 3.91. The van der Waals surface area contributed by atoms with Crippen molar-refractivity contribution in [3.8, 4) is 0 Å². The fraction of sp³-hybridized carbons (Fsp3) is 0. The number of benzene rings is 2. The molecule has 70 valence electrons. The lowest BCUT2D eigenvalue weighted by Gasteiger charge is -2.02. The van der Waals surface area contributed by atoms with Crippen LogP contribution in [0, 0.1) is 0 Å². The van der Waals surface area contributed by atoms with E-state index in [0.717, 1.165) is 5.58 Å². The maximum atomic E-state index is 5.54. The van der Waals surface area contributed by atoms with Crippen LogP contribution in [0.2, 0.25) is 0 Å². The first-order chi connectivity index (χ1) is 7.43. The van der Waals surface area contributed by atoms with E-state index in [1.807, 2.05) is 6.07 Å². The van der Waals surface area contributed by atoms with Gasteiger partial charge in [-0.1, -0.05) is 30.4 Å². The Labute approximate surface area is 86.6 Å². The Kier molecular flexibility index (Phi) is 1.13. The van der Waals surface area contributed by atoms with E-state index in [1.54, 1.807) is 6.26 Å². The lowest BCUT2D eigenvalue weighted by molar-refractivity contribution is 0.619. The van der Waals surface area contributed by atoms with Gasteiger partial charge in [0, 0.05) is 10.8 Å². The molecule has 0 unspecified atom stereocenters. The highest BCUT2D eigenvalue weighted by atomic mass is 16.3. The van der Waals surface area contributed by atoms with Crippen LogP contribution in [-0.4, -0.2) is 0 Å². The van der Waals surface area contributed by atoms with E-state index in [9.17, 15) is 0 Å². The van der Waals surface area contributed by atoms with Crippen LogP contribution in [0.4, 0.5) is 0 Å². The summed E-state index contributed by atoms with van der Waals surface area (Å²) in [5.74, 6) is 0. The maximum Gasteiger partial charge on any atom is 0.141 e. The molecule has 1 aromatic heterocycles. The van der Waals surface area contributed by atoms with Gasteiger partial charge in [0.05, 0.1) is 6.26 Å². The third-order valence-electron chi connectivity index (χ3n) is 3.08. The molecule has 0 saturated heterocycles. The largest absolute Gasteiger partial charge is 0.464 e. The molecule has 0 atom stereocenters. The number of hydrogen-bond donors (Lipinski definition) is 0. The molecule has 2 aromatic carbocycles. The summed E-state index contributed by atoms with van der Waals surface area (Å²) in [7, 11) is 0. The Morgan fingerprint density at radius 1 is 0.933 bits per heavy atom. The summed E-state index contributed by atoms with van der Waals surface area (Å²) in [5, 5.41) is 3.72. The fourth-order valence-corrected chi connectivity index (χ4v) is 2.42. The number of rotatable bonds is 0. The zero-order valence-corrected chi connectivity index (χ0v) is 8.03. The Morgan fingerprint density at radius 2 is 1.87 bits per heavy atom. The number of furan rings is 1. The zero-order valence-electron chi connectivity index (χ0n) is 8.03. The molecule has 0 bridgehead atoms. The molecular weight excluding hydrogens is 184 g/mol. The van der Waals surface area contributed by atoms with Crippen molar-refractivity contribution in [1.29, 1.82) is 0 Å². The zero-order chi connectivity index (χ0) is 9.83. The molecule has 0 spiro atoms. The van der Waals surface area contributed by atoms with E-state index in [4.69, 9.17) is 4.42 Å². The van der Waals surface area contributed by atoms with Crippen LogP contribution in [0.25, 0.3) is 33.9 Å². The van der Waals surface area contributed by atoms with Gasteiger partial charge in [-0.25, -0.2) is 0 Å². The minimum Gasteiger partial charge on any atom is -0.464 e. The average Bonchev–Trinajstić information content (AvgIpc) is 2.87. The molecule has 4 rings (SSSR count). The molecule has 0 amide bonds. The van der Waals surface area contributed by atoms with Crippen LogP contribution < -0.4 is 0 Å². The summed E-state index contributed by atoms with van der Waals surface area (Å²) in [6.45, 7) is 0. The molecule has 1 heteroatoms. The van der Waals surface area contributed by atoms with E-state index >= 15 is 0 Å². The summed E-state index contributed by atoms with van der Waals surface area (Å²) in [6.07, 6.45) is 6.09. The van der Waals surface area contributed by atoms with Gasteiger partial charge in [0.25, 0.3) is 0 Å². The van der Waals surface area contributed by atoms with Gasteiger partial charge in [-0.3, -0.25) is 0 Å². The smallest absolute Gasteiger partial charge is 0.141 e. The topological polar surface area (TPSA) is 13.1 Å². The molecular formula is C14H8O. The summed E-state index contributed by atoms with van der Waals surface area (Å²) < 4.78 is 5.54. The van der Waals surface area contributed by atoms with Crippen molar-refractivity contribution in [2.24, 2.45) is 0 Å². The third kappa shape index (κ3) is 0.785. The normalized spacial score (nSPS) is 13.1. The molecule has 0 aliphatic heterocycles. The van der Waals surface area contributed by atoms with Crippen LogP contribution in [-0.2, 0) is 0 Å². The van der Waals surface area contributed by atoms with Crippen LogP contribution in [0.3, 0.4) is 0 Å². The van der Waals surface area contributed by atoms with E-state index in [-0.39, 0.29) is 0 Å². The second-order valence-electron chi connectivity index (χ2n) is 3.91. The van der Waals surface area contributed by atoms with Crippen molar-refractivity contribution in [3.63, 3.8) is 0 Å². The SMILES string of the molecule is C1=Cc2cc3ccoc3c3cccc1c23. The minimum atomic E-state index is 0.999. The average molecular weight is 192 g/mol. The lowest BCUT2D eigenvalue weighted by atomic mass is 10.0. The van der Waals surface area contributed by atoms with Gasteiger partial charge in [-0.2, -0.15) is 0 Å². The molecule has 1 aliphatic rings. The van der Waals surface area contributed by atoms with Gasteiger partial charge < -0.3 is 4.42 Å². The Morgan fingerprint density at radius 3 is 2.87 bits per heavy atom. The fourth-order valence-electron chi connectivity index (χ4n) is 2.42. The molecule has 1 aliphatic carbocycles. The Hall–Kier alpha value is -2.02. The molecule has 1 heterocycles.